The van der Waals surface area contributed by atoms with Gasteiger partial charge in [-0.1, -0.05) is 11.6 Å². The molecule has 1 saturated heterocycles. The van der Waals surface area contributed by atoms with Crippen LogP contribution in [0.1, 0.15) is 23.2 Å². The maximum absolute atomic E-state index is 12.4. The van der Waals surface area contributed by atoms with Gasteiger partial charge in [0.15, 0.2) is 0 Å². The molecule has 0 saturated carbocycles. The zero-order valence-corrected chi connectivity index (χ0v) is 11.8. The molecule has 20 heavy (non-hydrogen) atoms. The van der Waals surface area contributed by atoms with E-state index in [1.54, 1.807) is 11.9 Å². The van der Waals surface area contributed by atoms with Crippen LogP contribution in [0, 0.1) is 10.1 Å². The average Bonchev–Trinajstić information content (AvgIpc) is 2.46. The van der Waals surface area contributed by atoms with E-state index >= 15 is 0 Å². The van der Waals surface area contributed by atoms with E-state index < -0.39 is 10.8 Å². The lowest BCUT2D eigenvalue weighted by molar-refractivity contribution is -0.385. The zero-order chi connectivity index (χ0) is 14.7. The van der Waals surface area contributed by atoms with Crippen LogP contribution in [0.2, 0.25) is 5.15 Å². The first-order valence-electron chi connectivity index (χ1n) is 6.28. The second-order valence-electron chi connectivity index (χ2n) is 4.68. The monoisotopic (exact) mass is 298 g/mol. The molecule has 1 aromatic heterocycles. The maximum Gasteiger partial charge on any atom is 0.300 e. The van der Waals surface area contributed by atoms with Gasteiger partial charge in [0.25, 0.3) is 11.6 Å². The number of nitrogens with zero attached hydrogens (tertiary/aromatic N) is 3. The van der Waals surface area contributed by atoms with E-state index in [2.05, 4.69) is 10.3 Å². The van der Waals surface area contributed by atoms with Gasteiger partial charge in [-0.3, -0.25) is 14.9 Å². The highest BCUT2D eigenvalue weighted by atomic mass is 35.5. The summed E-state index contributed by atoms with van der Waals surface area (Å²) in [5, 5.41) is 14.3. The summed E-state index contributed by atoms with van der Waals surface area (Å²) in [6.07, 6.45) is 2.68. The van der Waals surface area contributed by atoms with Crippen LogP contribution in [0.5, 0.6) is 0 Å². The molecule has 8 heteroatoms. The Kier molecular flexibility index (Phi) is 4.51. The van der Waals surface area contributed by atoms with E-state index in [1.807, 2.05) is 0 Å². The molecule has 0 bridgehead atoms. The van der Waals surface area contributed by atoms with Crippen molar-refractivity contribution in [3.8, 4) is 0 Å². The largest absolute Gasteiger partial charge is 0.338 e. The fraction of sp³-hybridized carbons (Fsp3) is 0.500. The van der Waals surface area contributed by atoms with E-state index in [9.17, 15) is 14.9 Å². The molecular weight excluding hydrogens is 284 g/mol. The minimum atomic E-state index is -0.618. The van der Waals surface area contributed by atoms with Crippen molar-refractivity contribution in [1.29, 1.82) is 0 Å². The van der Waals surface area contributed by atoms with E-state index in [0.717, 1.165) is 32.1 Å². The molecule has 0 atom stereocenters. The number of amides is 1. The summed E-state index contributed by atoms with van der Waals surface area (Å²) in [4.78, 5) is 28.0. The number of halogens is 1. The van der Waals surface area contributed by atoms with Crippen molar-refractivity contribution in [2.24, 2.45) is 0 Å². The molecule has 108 valence electrons. The summed E-state index contributed by atoms with van der Waals surface area (Å²) >= 11 is 5.74. The second kappa shape index (κ2) is 6.15. The number of pyridine rings is 1. The van der Waals surface area contributed by atoms with Gasteiger partial charge in [-0.25, -0.2) is 4.98 Å². The highest BCUT2D eigenvalue weighted by Gasteiger charge is 2.28. The van der Waals surface area contributed by atoms with Crippen LogP contribution >= 0.6 is 11.6 Å². The number of aromatic nitrogens is 1. The average molecular weight is 299 g/mol. The Morgan fingerprint density at radius 3 is 2.80 bits per heavy atom. The van der Waals surface area contributed by atoms with E-state index in [-0.39, 0.29) is 22.4 Å². The first-order valence-corrected chi connectivity index (χ1v) is 6.66. The molecule has 1 aromatic rings. The molecule has 1 N–H and O–H groups in total. The summed E-state index contributed by atoms with van der Waals surface area (Å²) in [7, 11) is 1.66. The Balaban J connectivity index is 2.27. The Hall–Kier alpha value is -1.73. The summed E-state index contributed by atoms with van der Waals surface area (Å²) < 4.78 is 0. The molecule has 0 radical (unpaired) electrons. The van der Waals surface area contributed by atoms with E-state index in [4.69, 9.17) is 11.6 Å². The molecule has 0 spiro atoms. The van der Waals surface area contributed by atoms with Crippen LogP contribution in [0.25, 0.3) is 0 Å². The SMILES string of the molecule is CN(C(=O)c1cc(Cl)ncc1[N+](=O)[O-])C1CCNCC1. The van der Waals surface area contributed by atoms with Crippen LogP contribution in [0.3, 0.4) is 0 Å². The number of hydrogen-bond acceptors (Lipinski definition) is 5. The van der Waals surface area contributed by atoms with Crippen LogP contribution in [-0.4, -0.2) is 46.9 Å². The molecule has 2 heterocycles. The first-order chi connectivity index (χ1) is 9.50. The fourth-order valence-corrected chi connectivity index (χ4v) is 2.45. The highest BCUT2D eigenvalue weighted by Crippen LogP contribution is 2.23. The van der Waals surface area contributed by atoms with Crippen LogP contribution in [0.4, 0.5) is 5.69 Å². The minimum absolute atomic E-state index is 0.0176. The number of nitrogens with one attached hydrogen (secondary N) is 1. The molecule has 1 aliphatic rings. The molecule has 0 unspecified atom stereocenters. The van der Waals surface area contributed by atoms with Gasteiger partial charge in [0.05, 0.1) is 4.92 Å². The lowest BCUT2D eigenvalue weighted by atomic mass is 10.0. The van der Waals surface area contributed by atoms with Gasteiger partial charge < -0.3 is 10.2 Å². The molecule has 1 amide bonds. The van der Waals surface area contributed by atoms with Crippen LogP contribution in [0.15, 0.2) is 12.3 Å². The Bertz CT molecular complexity index is 531. The predicted octanol–water partition coefficient (Wildman–Crippen LogP) is 1.47. The molecular formula is C12H15ClN4O3. The molecule has 0 aromatic carbocycles. The normalized spacial score (nSPS) is 15.9. The minimum Gasteiger partial charge on any atom is -0.338 e. The molecule has 2 rings (SSSR count). The second-order valence-corrected chi connectivity index (χ2v) is 5.07. The number of carbonyl (C=O) groups is 1. The Labute approximate surface area is 121 Å². The molecule has 1 fully saturated rings. The summed E-state index contributed by atoms with van der Waals surface area (Å²) in [5.74, 6) is -0.395. The highest BCUT2D eigenvalue weighted by molar-refractivity contribution is 6.29. The summed E-state index contributed by atoms with van der Waals surface area (Å²) in [5.41, 5.74) is -0.337. The Morgan fingerprint density at radius 1 is 1.55 bits per heavy atom. The number of nitro groups is 1. The van der Waals surface area contributed by atoms with Crippen molar-refractivity contribution in [3.05, 3.63) is 33.1 Å². The van der Waals surface area contributed by atoms with Crippen molar-refractivity contribution in [2.75, 3.05) is 20.1 Å². The molecule has 1 aliphatic heterocycles. The predicted molar refractivity (Wildman–Crippen MR) is 73.9 cm³/mol. The van der Waals surface area contributed by atoms with Gasteiger partial charge in [0, 0.05) is 13.1 Å². The van der Waals surface area contributed by atoms with Crippen LogP contribution < -0.4 is 5.32 Å². The number of piperidine rings is 1. The molecule has 0 aliphatic carbocycles. The van der Waals surface area contributed by atoms with Crippen molar-refractivity contribution < 1.29 is 9.72 Å². The standard InChI is InChI=1S/C12H15ClN4O3/c1-16(8-2-4-14-5-3-8)12(18)9-6-11(13)15-7-10(9)17(19)20/h6-8,14H,2-5H2,1H3. The van der Waals surface area contributed by atoms with E-state index in [0.29, 0.717) is 0 Å². The first kappa shape index (κ1) is 14.7. The zero-order valence-electron chi connectivity index (χ0n) is 11.0. The smallest absolute Gasteiger partial charge is 0.300 e. The van der Waals surface area contributed by atoms with Crippen LogP contribution in [-0.2, 0) is 0 Å². The number of hydrogen-bond donors (Lipinski definition) is 1. The summed E-state index contributed by atoms with van der Waals surface area (Å²) in [6, 6.07) is 1.33. The summed E-state index contributed by atoms with van der Waals surface area (Å²) in [6.45, 7) is 1.67. The molecule has 7 nitrogen and oxygen atoms in total. The fourth-order valence-electron chi connectivity index (χ4n) is 2.29. The van der Waals surface area contributed by atoms with Gasteiger partial charge >= 0.3 is 0 Å². The van der Waals surface area contributed by atoms with Gasteiger partial charge in [-0.2, -0.15) is 0 Å². The maximum atomic E-state index is 12.4. The number of carbonyl (C=O) groups excluding carboxylic acids is 1. The third-order valence-corrected chi connectivity index (χ3v) is 3.66. The third kappa shape index (κ3) is 3.05. The van der Waals surface area contributed by atoms with Crippen molar-refractivity contribution in [3.63, 3.8) is 0 Å². The van der Waals surface area contributed by atoms with E-state index in [1.165, 1.54) is 6.07 Å². The van der Waals surface area contributed by atoms with Gasteiger partial charge in [0.2, 0.25) is 0 Å². The van der Waals surface area contributed by atoms with Crippen molar-refractivity contribution in [2.45, 2.75) is 18.9 Å². The lowest BCUT2D eigenvalue weighted by Crippen LogP contribution is -2.44. The quantitative estimate of drug-likeness (QED) is 0.518. The van der Waals surface area contributed by atoms with Gasteiger partial charge in [-0.05, 0) is 32.0 Å². The van der Waals surface area contributed by atoms with Crippen molar-refractivity contribution in [1.82, 2.24) is 15.2 Å². The Morgan fingerprint density at radius 2 is 2.20 bits per heavy atom. The van der Waals surface area contributed by atoms with Gasteiger partial charge in [0.1, 0.15) is 16.9 Å². The third-order valence-electron chi connectivity index (χ3n) is 3.45. The number of rotatable bonds is 3. The topological polar surface area (TPSA) is 88.4 Å². The lowest BCUT2D eigenvalue weighted by Gasteiger charge is -2.31. The van der Waals surface area contributed by atoms with Crippen molar-refractivity contribution >= 4 is 23.2 Å². The van der Waals surface area contributed by atoms with Gasteiger partial charge in [-0.15, -0.1) is 0 Å².